The molecule has 5 nitrogen and oxygen atoms in total. The molecule has 0 spiro atoms. The lowest BCUT2D eigenvalue weighted by molar-refractivity contribution is -0.126. The molecule has 3 rings (SSSR count). The van der Waals surface area contributed by atoms with Crippen molar-refractivity contribution in [1.82, 2.24) is 5.32 Å². The third-order valence-corrected chi connectivity index (χ3v) is 5.61. The minimum atomic E-state index is -0.711. The maximum atomic E-state index is 12.4. The first-order chi connectivity index (χ1) is 12.0. The predicted molar refractivity (Wildman–Crippen MR) is 98.7 cm³/mol. The number of benzene rings is 1. The average Bonchev–Trinajstić information content (AvgIpc) is 3.24. The molecule has 2 aromatic rings. The van der Waals surface area contributed by atoms with Crippen molar-refractivity contribution in [1.29, 1.82) is 0 Å². The maximum Gasteiger partial charge on any atom is 0.227 e. The zero-order chi connectivity index (χ0) is 18.0. The SMILES string of the molecule is Cc1ccc(N2CC(C(=O)NCC(O)c3cccs3)CC2=O)cc1C. The first kappa shape index (κ1) is 17.6. The Kier molecular flexibility index (Phi) is 5.20. The molecule has 25 heavy (non-hydrogen) atoms. The molecule has 1 fully saturated rings. The van der Waals surface area contributed by atoms with E-state index in [9.17, 15) is 14.7 Å². The number of hydrogen-bond acceptors (Lipinski definition) is 4. The van der Waals surface area contributed by atoms with Gasteiger partial charge in [0, 0.05) is 30.1 Å². The number of nitrogens with zero attached hydrogens (tertiary/aromatic N) is 1. The standard InChI is InChI=1S/C19H22N2O3S/c1-12-5-6-15(8-13(12)2)21-11-14(9-18(21)23)19(24)20-10-16(22)17-4-3-7-25-17/h3-8,14,16,22H,9-11H2,1-2H3,(H,20,24). The van der Waals surface area contributed by atoms with Crippen molar-refractivity contribution in [3.63, 3.8) is 0 Å². The molecule has 2 atom stereocenters. The van der Waals surface area contributed by atoms with Gasteiger partial charge >= 0.3 is 0 Å². The molecule has 1 aromatic carbocycles. The van der Waals surface area contributed by atoms with Gasteiger partial charge in [-0.05, 0) is 48.6 Å². The molecule has 0 bridgehead atoms. The number of thiophene rings is 1. The van der Waals surface area contributed by atoms with E-state index >= 15 is 0 Å². The molecule has 2 unspecified atom stereocenters. The highest BCUT2D eigenvalue weighted by atomic mass is 32.1. The summed E-state index contributed by atoms with van der Waals surface area (Å²) in [4.78, 5) is 27.2. The van der Waals surface area contributed by atoms with Crippen molar-refractivity contribution >= 4 is 28.8 Å². The van der Waals surface area contributed by atoms with E-state index in [1.165, 1.54) is 16.9 Å². The Hall–Kier alpha value is -2.18. The smallest absolute Gasteiger partial charge is 0.227 e. The molecule has 0 aliphatic carbocycles. The molecule has 0 saturated carbocycles. The Morgan fingerprint density at radius 1 is 1.36 bits per heavy atom. The van der Waals surface area contributed by atoms with Gasteiger partial charge in [-0.3, -0.25) is 9.59 Å². The number of aryl methyl sites for hydroxylation is 2. The van der Waals surface area contributed by atoms with E-state index in [0.29, 0.717) is 6.54 Å². The molecular formula is C19H22N2O3S. The quantitative estimate of drug-likeness (QED) is 0.863. The van der Waals surface area contributed by atoms with Gasteiger partial charge in [0.1, 0.15) is 6.10 Å². The van der Waals surface area contributed by atoms with Crippen molar-refractivity contribution in [2.45, 2.75) is 26.4 Å². The summed E-state index contributed by atoms with van der Waals surface area (Å²) in [6.45, 7) is 4.57. The highest BCUT2D eigenvalue weighted by Gasteiger charge is 2.35. The second kappa shape index (κ2) is 7.37. The average molecular weight is 358 g/mol. The Morgan fingerprint density at radius 3 is 2.84 bits per heavy atom. The van der Waals surface area contributed by atoms with Gasteiger partial charge in [0.25, 0.3) is 0 Å². The van der Waals surface area contributed by atoms with Gasteiger partial charge in [0.05, 0.1) is 5.92 Å². The van der Waals surface area contributed by atoms with Crippen LogP contribution in [0.5, 0.6) is 0 Å². The van der Waals surface area contributed by atoms with Crippen LogP contribution in [0.1, 0.15) is 28.5 Å². The van der Waals surface area contributed by atoms with Gasteiger partial charge in [-0.2, -0.15) is 0 Å². The fraction of sp³-hybridized carbons (Fsp3) is 0.368. The van der Waals surface area contributed by atoms with E-state index in [1.807, 2.05) is 49.6 Å². The number of rotatable bonds is 5. The number of aliphatic hydroxyl groups is 1. The minimum Gasteiger partial charge on any atom is -0.386 e. The summed E-state index contributed by atoms with van der Waals surface area (Å²) in [6, 6.07) is 9.59. The van der Waals surface area contributed by atoms with Crippen molar-refractivity contribution in [3.8, 4) is 0 Å². The van der Waals surface area contributed by atoms with Gasteiger partial charge in [-0.1, -0.05) is 12.1 Å². The summed E-state index contributed by atoms with van der Waals surface area (Å²) in [5, 5.41) is 14.7. The molecule has 1 aromatic heterocycles. The first-order valence-electron chi connectivity index (χ1n) is 8.32. The summed E-state index contributed by atoms with van der Waals surface area (Å²) in [5.41, 5.74) is 3.13. The van der Waals surface area contributed by atoms with Gasteiger partial charge in [0.2, 0.25) is 11.8 Å². The predicted octanol–water partition coefficient (Wildman–Crippen LogP) is 2.57. The van der Waals surface area contributed by atoms with Crippen molar-refractivity contribution in [3.05, 3.63) is 51.7 Å². The molecule has 0 radical (unpaired) electrons. The Labute approximate surface area is 151 Å². The van der Waals surface area contributed by atoms with Crippen molar-refractivity contribution in [2.75, 3.05) is 18.0 Å². The van der Waals surface area contributed by atoms with Crippen LogP contribution < -0.4 is 10.2 Å². The Balaban J connectivity index is 1.59. The second-order valence-electron chi connectivity index (χ2n) is 6.45. The normalized spacial score (nSPS) is 18.4. The number of carbonyl (C=O) groups is 2. The molecule has 6 heteroatoms. The summed E-state index contributed by atoms with van der Waals surface area (Å²) in [6.07, 6.45) is -0.509. The molecule has 2 amide bonds. The number of carbonyl (C=O) groups excluding carboxylic acids is 2. The van der Waals surface area contributed by atoms with Crippen LogP contribution in [0.3, 0.4) is 0 Å². The third-order valence-electron chi connectivity index (χ3n) is 4.64. The topological polar surface area (TPSA) is 69.6 Å². The zero-order valence-electron chi connectivity index (χ0n) is 14.4. The Morgan fingerprint density at radius 2 is 2.16 bits per heavy atom. The summed E-state index contributed by atoms with van der Waals surface area (Å²) >= 11 is 1.45. The molecular weight excluding hydrogens is 336 g/mol. The summed E-state index contributed by atoms with van der Waals surface area (Å²) in [7, 11) is 0. The number of aliphatic hydroxyl groups excluding tert-OH is 1. The van der Waals surface area contributed by atoms with E-state index in [1.54, 1.807) is 4.90 Å². The molecule has 2 N–H and O–H groups in total. The monoisotopic (exact) mass is 358 g/mol. The van der Waals surface area contributed by atoms with Crippen LogP contribution in [0.25, 0.3) is 0 Å². The fourth-order valence-corrected chi connectivity index (χ4v) is 3.66. The highest BCUT2D eigenvalue weighted by molar-refractivity contribution is 7.10. The molecule has 1 aliphatic heterocycles. The van der Waals surface area contributed by atoms with Crippen LogP contribution in [0.15, 0.2) is 35.7 Å². The van der Waals surface area contributed by atoms with E-state index in [0.717, 1.165) is 16.1 Å². The number of hydrogen-bond donors (Lipinski definition) is 2. The van der Waals surface area contributed by atoms with Crippen LogP contribution >= 0.6 is 11.3 Å². The van der Waals surface area contributed by atoms with Gasteiger partial charge in [-0.25, -0.2) is 0 Å². The third kappa shape index (κ3) is 3.91. The largest absolute Gasteiger partial charge is 0.386 e. The van der Waals surface area contributed by atoms with E-state index < -0.39 is 6.10 Å². The van der Waals surface area contributed by atoms with E-state index in [2.05, 4.69) is 5.32 Å². The summed E-state index contributed by atoms with van der Waals surface area (Å²) in [5.74, 6) is -0.609. The molecule has 2 heterocycles. The maximum absolute atomic E-state index is 12.4. The first-order valence-corrected chi connectivity index (χ1v) is 9.20. The van der Waals surface area contributed by atoms with Crippen LogP contribution in [0, 0.1) is 19.8 Å². The van der Waals surface area contributed by atoms with Crippen LogP contribution in [-0.4, -0.2) is 30.0 Å². The lowest BCUT2D eigenvalue weighted by Gasteiger charge is -2.18. The van der Waals surface area contributed by atoms with Crippen LogP contribution in [0.2, 0.25) is 0 Å². The highest BCUT2D eigenvalue weighted by Crippen LogP contribution is 2.27. The Bertz CT molecular complexity index is 773. The van der Waals surface area contributed by atoms with Gasteiger partial charge in [0.15, 0.2) is 0 Å². The second-order valence-corrected chi connectivity index (χ2v) is 7.43. The van der Waals surface area contributed by atoms with Crippen LogP contribution in [-0.2, 0) is 9.59 Å². The molecule has 132 valence electrons. The molecule has 1 aliphatic rings. The minimum absolute atomic E-state index is 0.0396. The molecule has 1 saturated heterocycles. The van der Waals surface area contributed by atoms with Crippen molar-refractivity contribution in [2.24, 2.45) is 5.92 Å². The zero-order valence-corrected chi connectivity index (χ0v) is 15.2. The van der Waals surface area contributed by atoms with E-state index in [4.69, 9.17) is 0 Å². The van der Waals surface area contributed by atoms with E-state index in [-0.39, 0.29) is 30.7 Å². The van der Waals surface area contributed by atoms with Gasteiger partial charge < -0.3 is 15.3 Å². The summed E-state index contributed by atoms with van der Waals surface area (Å²) < 4.78 is 0. The lowest BCUT2D eigenvalue weighted by atomic mass is 10.1. The number of amides is 2. The fourth-order valence-electron chi connectivity index (χ4n) is 2.95. The van der Waals surface area contributed by atoms with Crippen LogP contribution in [0.4, 0.5) is 5.69 Å². The lowest BCUT2D eigenvalue weighted by Crippen LogP contribution is -2.35. The number of nitrogens with one attached hydrogen (secondary N) is 1. The van der Waals surface area contributed by atoms with Crippen molar-refractivity contribution < 1.29 is 14.7 Å². The van der Waals surface area contributed by atoms with Gasteiger partial charge in [-0.15, -0.1) is 11.3 Å². The number of anilines is 1.